The van der Waals surface area contributed by atoms with Gasteiger partial charge in [-0.25, -0.2) is 0 Å². The maximum absolute atomic E-state index is 14.4. The zero-order valence-electron chi connectivity index (χ0n) is 24.4. The minimum Gasteiger partial charge on any atom is -0.491 e. The Balaban J connectivity index is 0.000000161. The van der Waals surface area contributed by atoms with E-state index < -0.39 is 0 Å². The van der Waals surface area contributed by atoms with E-state index in [-0.39, 0.29) is 23.8 Å². The van der Waals surface area contributed by atoms with Crippen molar-refractivity contribution in [2.75, 3.05) is 13.2 Å². The molecule has 0 spiro atoms. The third kappa shape index (κ3) is 5.69. The first-order valence-corrected chi connectivity index (χ1v) is 15.3. The molecule has 0 N–H and O–H groups in total. The van der Waals surface area contributed by atoms with Gasteiger partial charge in [-0.05, 0) is 83.3 Å². The number of allylic oxidation sites excluding steroid dienone is 2. The van der Waals surface area contributed by atoms with Gasteiger partial charge in [-0.3, -0.25) is 0 Å². The maximum Gasteiger partial charge on any atom is 0.207 e. The molecule has 4 unspecified atom stereocenters. The second-order valence-electron chi connectivity index (χ2n) is 11.6. The van der Waals surface area contributed by atoms with Crippen molar-refractivity contribution < 1.29 is 27.7 Å². The minimum absolute atomic E-state index is 0.117. The summed E-state index contributed by atoms with van der Waals surface area (Å²) in [7, 11) is 0. The van der Waals surface area contributed by atoms with E-state index in [0.29, 0.717) is 54.0 Å². The zero-order chi connectivity index (χ0) is 28.2. The maximum atomic E-state index is 14.4. The lowest BCUT2D eigenvalue weighted by atomic mass is 9.76. The lowest BCUT2D eigenvalue weighted by Gasteiger charge is -2.30. The Kier molecular flexibility index (Phi) is 9.22. The SMILES string of the molecule is C/C=C/C1CC[C@H]2c3ccc(OCC)c(F)c3OC2C1.CCCC1CC[C@H]2c3ccc(OCC)c(F)c3OC2C1. The lowest BCUT2D eigenvalue weighted by Crippen LogP contribution is -2.28. The Morgan fingerprint density at radius 1 is 0.775 bits per heavy atom. The van der Waals surface area contributed by atoms with E-state index in [0.717, 1.165) is 49.1 Å². The van der Waals surface area contributed by atoms with Gasteiger partial charge in [0.2, 0.25) is 11.6 Å². The first-order valence-electron chi connectivity index (χ1n) is 15.3. The topological polar surface area (TPSA) is 36.9 Å². The Labute approximate surface area is 238 Å². The van der Waals surface area contributed by atoms with Gasteiger partial charge in [0.05, 0.1) is 13.2 Å². The summed E-state index contributed by atoms with van der Waals surface area (Å²) in [5.74, 6) is 2.86. The lowest BCUT2D eigenvalue weighted by molar-refractivity contribution is 0.122. The van der Waals surface area contributed by atoms with E-state index in [4.69, 9.17) is 18.9 Å². The van der Waals surface area contributed by atoms with Crippen molar-refractivity contribution >= 4 is 0 Å². The normalized spacial score (nSPS) is 27.9. The molecule has 2 aromatic carbocycles. The molecule has 6 atom stereocenters. The number of halogens is 2. The molecular weight excluding hydrogens is 510 g/mol. The van der Waals surface area contributed by atoms with Crippen molar-refractivity contribution in [1.82, 2.24) is 0 Å². The van der Waals surface area contributed by atoms with Crippen LogP contribution in [-0.4, -0.2) is 25.4 Å². The molecule has 4 nitrogen and oxygen atoms in total. The van der Waals surface area contributed by atoms with Crippen LogP contribution in [0, 0.1) is 23.5 Å². The highest BCUT2D eigenvalue weighted by atomic mass is 19.1. The van der Waals surface area contributed by atoms with Gasteiger partial charge in [-0.15, -0.1) is 0 Å². The molecule has 6 heteroatoms. The molecular formula is C34H44F2O4. The van der Waals surface area contributed by atoms with Crippen LogP contribution in [0.3, 0.4) is 0 Å². The second-order valence-corrected chi connectivity index (χ2v) is 11.6. The van der Waals surface area contributed by atoms with Crippen molar-refractivity contribution in [1.29, 1.82) is 0 Å². The van der Waals surface area contributed by atoms with Crippen LogP contribution in [-0.2, 0) is 0 Å². The summed E-state index contributed by atoms with van der Waals surface area (Å²) in [4.78, 5) is 0. The predicted octanol–water partition coefficient (Wildman–Crippen LogP) is 9.11. The highest BCUT2D eigenvalue weighted by Gasteiger charge is 2.42. The van der Waals surface area contributed by atoms with E-state index in [1.807, 2.05) is 32.9 Å². The third-order valence-corrected chi connectivity index (χ3v) is 9.02. The van der Waals surface area contributed by atoms with Crippen molar-refractivity contribution in [3.63, 3.8) is 0 Å². The zero-order valence-corrected chi connectivity index (χ0v) is 24.4. The molecule has 4 aliphatic rings. The van der Waals surface area contributed by atoms with Crippen molar-refractivity contribution in [2.45, 2.75) is 103 Å². The Morgan fingerprint density at radius 2 is 1.32 bits per heavy atom. The number of fused-ring (bicyclic) bond motifs is 6. The number of ether oxygens (including phenoxy) is 4. The number of benzene rings is 2. The van der Waals surface area contributed by atoms with Gasteiger partial charge >= 0.3 is 0 Å². The molecule has 0 bridgehead atoms. The fourth-order valence-electron chi connectivity index (χ4n) is 7.23. The van der Waals surface area contributed by atoms with Crippen LogP contribution >= 0.6 is 0 Å². The minimum atomic E-state index is -0.332. The first kappa shape index (κ1) is 28.8. The fourth-order valence-corrected chi connectivity index (χ4v) is 7.23. The summed E-state index contributed by atoms with van der Waals surface area (Å²) >= 11 is 0. The van der Waals surface area contributed by atoms with E-state index in [1.165, 1.54) is 19.3 Å². The predicted molar refractivity (Wildman–Crippen MR) is 154 cm³/mol. The summed E-state index contributed by atoms with van der Waals surface area (Å²) in [6.45, 7) is 8.93. The quantitative estimate of drug-likeness (QED) is 0.320. The highest BCUT2D eigenvalue weighted by molar-refractivity contribution is 5.49. The molecule has 2 heterocycles. The highest BCUT2D eigenvalue weighted by Crippen LogP contribution is 2.51. The van der Waals surface area contributed by atoms with E-state index in [9.17, 15) is 8.78 Å². The second kappa shape index (κ2) is 12.8. The molecule has 40 heavy (non-hydrogen) atoms. The van der Waals surface area contributed by atoms with Gasteiger partial charge in [-0.2, -0.15) is 8.78 Å². The Hall–Kier alpha value is -2.76. The van der Waals surface area contributed by atoms with Gasteiger partial charge < -0.3 is 18.9 Å². The van der Waals surface area contributed by atoms with Crippen LogP contribution in [0.15, 0.2) is 36.4 Å². The summed E-state index contributed by atoms with van der Waals surface area (Å²) in [5, 5.41) is 0. The van der Waals surface area contributed by atoms with E-state index in [1.54, 1.807) is 12.1 Å². The molecule has 0 saturated heterocycles. The van der Waals surface area contributed by atoms with E-state index in [2.05, 4.69) is 19.1 Å². The molecule has 2 aliphatic carbocycles. The molecule has 2 fully saturated rings. The summed E-state index contributed by atoms with van der Waals surface area (Å²) in [6, 6.07) is 7.46. The van der Waals surface area contributed by atoms with Crippen molar-refractivity contribution in [3.05, 3.63) is 59.2 Å². The molecule has 6 rings (SSSR count). The molecule has 0 amide bonds. The van der Waals surface area contributed by atoms with Gasteiger partial charge in [-0.1, -0.05) is 44.1 Å². The van der Waals surface area contributed by atoms with E-state index >= 15 is 0 Å². The molecule has 2 aromatic rings. The third-order valence-electron chi connectivity index (χ3n) is 9.02. The van der Waals surface area contributed by atoms with Crippen molar-refractivity contribution in [3.8, 4) is 23.0 Å². The molecule has 2 aliphatic heterocycles. The molecule has 218 valence electrons. The molecule has 0 aromatic heterocycles. The van der Waals surface area contributed by atoms with Crippen LogP contribution in [0.5, 0.6) is 23.0 Å². The average Bonchev–Trinajstić information content (AvgIpc) is 3.51. The van der Waals surface area contributed by atoms with Crippen LogP contribution in [0.2, 0.25) is 0 Å². The summed E-state index contributed by atoms with van der Waals surface area (Å²) in [5.41, 5.74) is 2.07. The summed E-state index contributed by atoms with van der Waals surface area (Å²) < 4.78 is 51.3. The van der Waals surface area contributed by atoms with Gasteiger partial charge in [0, 0.05) is 23.0 Å². The largest absolute Gasteiger partial charge is 0.491 e. The Bertz CT molecular complexity index is 1190. The van der Waals surface area contributed by atoms with Gasteiger partial charge in [0.15, 0.2) is 23.0 Å². The number of hydrogen-bond acceptors (Lipinski definition) is 4. The van der Waals surface area contributed by atoms with Gasteiger partial charge in [0.25, 0.3) is 0 Å². The van der Waals surface area contributed by atoms with Crippen LogP contribution < -0.4 is 18.9 Å². The van der Waals surface area contributed by atoms with Crippen LogP contribution in [0.4, 0.5) is 8.78 Å². The van der Waals surface area contributed by atoms with Crippen LogP contribution in [0.1, 0.15) is 102 Å². The first-order chi connectivity index (χ1) is 19.5. The number of rotatable bonds is 7. The molecule has 2 saturated carbocycles. The molecule has 0 radical (unpaired) electrons. The monoisotopic (exact) mass is 554 g/mol. The summed E-state index contributed by atoms with van der Waals surface area (Å²) in [6.07, 6.45) is 13.7. The average molecular weight is 555 g/mol. The van der Waals surface area contributed by atoms with Crippen molar-refractivity contribution in [2.24, 2.45) is 11.8 Å². The smallest absolute Gasteiger partial charge is 0.207 e. The van der Waals surface area contributed by atoms with Crippen LogP contribution in [0.25, 0.3) is 0 Å². The Morgan fingerprint density at radius 3 is 1.85 bits per heavy atom. The van der Waals surface area contributed by atoms with Gasteiger partial charge in [0.1, 0.15) is 12.2 Å². The fraction of sp³-hybridized carbons (Fsp3) is 0.588. The number of hydrogen-bond donors (Lipinski definition) is 0. The standard InChI is InChI=1S/C17H23FO2.C17H21FO2/c2*1-3-5-11-6-7-12-13-8-9-14(19-4-2)16(18)17(13)20-15(12)10-11/h8-9,11-12,15H,3-7,10H2,1-2H3;3,5,8-9,11-12,15H,4,6-7,10H2,1-2H3/b;5-3+/t2*11?,12-,15?/m00/s1.